The molecule has 7 nitrogen and oxygen atoms in total. The Morgan fingerprint density at radius 1 is 1.04 bits per heavy atom. The van der Waals surface area contributed by atoms with E-state index in [-0.39, 0.29) is 0 Å². The molecule has 0 unspecified atom stereocenters. The van der Waals surface area contributed by atoms with Crippen molar-refractivity contribution in [1.82, 2.24) is 0 Å². The van der Waals surface area contributed by atoms with E-state index in [2.05, 4.69) is 0 Å². The van der Waals surface area contributed by atoms with Crippen LogP contribution in [0.3, 0.4) is 0 Å². The van der Waals surface area contributed by atoms with Gasteiger partial charge in [0.25, 0.3) is 0 Å². The van der Waals surface area contributed by atoms with Crippen LogP contribution in [0.1, 0.15) is 39.2 Å². The van der Waals surface area contributed by atoms with Crippen LogP contribution in [0.2, 0.25) is 6.04 Å². The summed E-state index contributed by atoms with van der Waals surface area (Å²) in [5.41, 5.74) is 0.689. The summed E-state index contributed by atoms with van der Waals surface area (Å²) in [6.07, 6.45) is 4.10. The number of ether oxygens (including phenoxy) is 2. The molecule has 0 atom stereocenters. The third-order valence-corrected chi connectivity index (χ3v) is 6.98. The minimum atomic E-state index is -2.61. The van der Waals surface area contributed by atoms with Gasteiger partial charge in [0.05, 0.1) is 19.7 Å². The number of rotatable bonds is 15. The van der Waals surface area contributed by atoms with Crippen molar-refractivity contribution in [3.63, 3.8) is 0 Å². The molecule has 1 aromatic rings. The summed E-state index contributed by atoms with van der Waals surface area (Å²) in [4.78, 5) is 10.5. The average molecular weight is 412 g/mol. The van der Waals surface area contributed by atoms with Crippen LogP contribution >= 0.6 is 0 Å². The molecule has 0 aliphatic rings. The Morgan fingerprint density at radius 2 is 1.68 bits per heavy atom. The number of carboxylic acid groups (broad SMARTS) is 1. The first-order chi connectivity index (χ1) is 13.5. The molecular formula is C20H31O7Si-. The lowest BCUT2D eigenvalue weighted by molar-refractivity contribution is -0.297. The van der Waals surface area contributed by atoms with Gasteiger partial charge in [0.1, 0.15) is 0 Å². The van der Waals surface area contributed by atoms with Crippen LogP contribution in [0, 0.1) is 0 Å². The molecule has 158 valence electrons. The highest BCUT2D eigenvalue weighted by atomic mass is 28.4. The van der Waals surface area contributed by atoms with E-state index in [0.29, 0.717) is 43.5 Å². The fraction of sp³-hybridized carbons (Fsp3) is 0.550. The maximum atomic E-state index is 10.5. The van der Waals surface area contributed by atoms with Gasteiger partial charge in [-0.1, -0.05) is 12.1 Å². The van der Waals surface area contributed by atoms with Crippen molar-refractivity contribution in [3.8, 4) is 11.5 Å². The van der Waals surface area contributed by atoms with E-state index in [1.54, 1.807) is 25.3 Å². The van der Waals surface area contributed by atoms with E-state index in [9.17, 15) is 9.90 Å². The number of benzene rings is 1. The van der Waals surface area contributed by atoms with E-state index in [4.69, 9.17) is 22.8 Å². The zero-order chi connectivity index (χ0) is 20.8. The number of aliphatic carboxylic acids is 1. The molecule has 0 radical (unpaired) electrons. The Balaban J connectivity index is 2.57. The molecule has 0 N–H and O–H groups in total. The average Bonchev–Trinajstić information content (AvgIpc) is 2.67. The molecule has 0 heterocycles. The van der Waals surface area contributed by atoms with E-state index < -0.39 is 14.8 Å². The fourth-order valence-electron chi connectivity index (χ4n) is 2.70. The normalized spacial score (nSPS) is 11.7. The third-order valence-electron chi connectivity index (χ3n) is 3.83. The van der Waals surface area contributed by atoms with Gasteiger partial charge < -0.3 is 32.7 Å². The van der Waals surface area contributed by atoms with Crippen molar-refractivity contribution in [2.24, 2.45) is 0 Å². The van der Waals surface area contributed by atoms with Crippen LogP contribution in [-0.4, -0.2) is 48.3 Å². The smallest absolute Gasteiger partial charge is 0.500 e. The van der Waals surface area contributed by atoms with Crippen molar-refractivity contribution in [2.75, 3.05) is 33.5 Å². The minimum absolute atomic E-state index is 0.513. The van der Waals surface area contributed by atoms with Gasteiger partial charge in [-0.25, -0.2) is 0 Å². The van der Waals surface area contributed by atoms with E-state index in [1.807, 2.05) is 20.8 Å². The van der Waals surface area contributed by atoms with Crippen molar-refractivity contribution in [3.05, 3.63) is 29.8 Å². The lowest BCUT2D eigenvalue weighted by Crippen LogP contribution is -2.45. The highest BCUT2D eigenvalue weighted by molar-refractivity contribution is 6.60. The Labute approximate surface area is 168 Å². The summed E-state index contributed by atoms with van der Waals surface area (Å²) in [6, 6.07) is 5.98. The predicted molar refractivity (Wildman–Crippen MR) is 107 cm³/mol. The zero-order valence-corrected chi connectivity index (χ0v) is 18.2. The number of methoxy groups -OCH3 is 1. The Morgan fingerprint density at radius 3 is 2.21 bits per heavy atom. The zero-order valence-electron chi connectivity index (χ0n) is 17.2. The lowest BCUT2D eigenvalue weighted by Gasteiger charge is -2.28. The summed E-state index contributed by atoms with van der Waals surface area (Å²) in [7, 11) is -1.07. The van der Waals surface area contributed by atoms with Crippen molar-refractivity contribution in [2.45, 2.75) is 39.7 Å². The highest BCUT2D eigenvalue weighted by Crippen LogP contribution is 2.29. The summed E-state index contributed by atoms with van der Waals surface area (Å²) >= 11 is 0. The largest absolute Gasteiger partial charge is 0.545 e. The minimum Gasteiger partial charge on any atom is -0.545 e. The molecule has 8 heteroatoms. The molecule has 1 aromatic carbocycles. The monoisotopic (exact) mass is 411 g/mol. The van der Waals surface area contributed by atoms with Gasteiger partial charge in [-0.15, -0.1) is 0 Å². The third kappa shape index (κ3) is 8.43. The van der Waals surface area contributed by atoms with Crippen LogP contribution in [-0.2, 0) is 18.1 Å². The van der Waals surface area contributed by atoms with E-state index in [0.717, 1.165) is 25.0 Å². The van der Waals surface area contributed by atoms with Gasteiger partial charge in [0.15, 0.2) is 11.5 Å². The first kappa shape index (κ1) is 24.2. The molecule has 0 aliphatic heterocycles. The number of hydrogen-bond acceptors (Lipinski definition) is 7. The fourth-order valence-corrected chi connectivity index (χ4v) is 5.38. The number of hydrogen-bond donors (Lipinski definition) is 0. The molecule has 0 aromatic heterocycles. The molecule has 28 heavy (non-hydrogen) atoms. The summed E-state index contributed by atoms with van der Waals surface area (Å²) < 4.78 is 28.7. The van der Waals surface area contributed by atoms with Gasteiger partial charge in [0.2, 0.25) is 0 Å². The van der Waals surface area contributed by atoms with Crippen molar-refractivity contribution in [1.29, 1.82) is 0 Å². The number of carbonyl (C=O) groups is 1. The number of carboxylic acids is 1. The van der Waals surface area contributed by atoms with Crippen LogP contribution < -0.4 is 14.6 Å². The molecule has 0 aliphatic carbocycles. The van der Waals surface area contributed by atoms with Gasteiger partial charge in [0, 0.05) is 25.9 Å². The predicted octanol–water partition coefficient (Wildman–Crippen LogP) is 2.67. The second-order valence-electron chi connectivity index (χ2n) is 5.85. The molecule has 0 spiro atoms. The molecule has 0 fully saturated rings. The Hall–Kier alpha value is -1.87. The van der Waals surface area contributed by atoms with Gasteiger partial charge in [-0.3, -0.25) is 0 Å². The van der Waals surface area contributed by atoms with Gasteiger partial charge in [-0.2, -0.15) is 0 Å². The Kier molecular flexibility index (Phi) is 11.5. The molecule has 0 saturated carbocycles. The first-order valence-electron chi connectivity index (χ1n) is 9.62. The maximum absolute atomic E-state index is 10.5. The summed E-state index contributed by atoms with van der Waals surface area (Å²) in [5, 5.41) is 10.5. The standard InChI is InChI=1S/C20H32O7Si/c1-5-25-28(26-6-2,27-7-3)15-9-8-14-24-18-12-10-17(11-13-20(21)22)16-19(18)23-4/h10-13,16H,5-9,14-15H2,1-4H3,(H,21,22)/p-1/b13-11+. The quantitative estimate of drug-likeness (QED) is 0.249. The van der Waals surface area contributed by atoms with Crippen LogP contribution in [0.15, 0.2) is 24.3 Å². The summed E-state index contributed by atoms with van der Waals surface area (Å²) in [5.74, 6) is -0.0942. The number of unbranched alkanes of at least 4 members (excludes halogenated alkanes) is 1. The van der Waals surface area contributed by atoms with Crippen LogP contribution in [0.5, 0.6) is 11.5 Å². The van der Waals surface area contributed by atoms with Crippen molar-refractivity contribution < 1.29 is 32.7 Å². The molecule has 0 amide bonds. The second-order valence-corrected chi connectivity index (χ2v) is 8.58. The van der Waals surface area contributed by atoms with Gasteiger partial charge in [-0.05, 0) is 57.4 Å². The Bertz CT molecular complexity index is 602. The maximum Gasteiger partial charge on any atom is 0.500 e. The second kappa shape index (κ2) is 13.3. The first-order valence-corrected chi connectivity index (χ1v) is 11.5. The van der Waals surface area contributed by atoms with Gasteiger partial charge >= 0.3 is 8.80 Å². The van der Waals surface area contributed by atoms with Crippen molar-refractivity contribution >= 4 is 20.8 Å². The molecular weight excluding hydrogens is 380 g/mol. The molecule has 0 bridgehead atoms. The van der Waals surface area contributed by atoms with Crippen LogP contribution in [0.4, 0.5) is 0 Å². The topological polar surface area (TPSA) is 86.3 Å². The lowest BCUT2D eigenvalue weighted by atomic mass is 10.2. The molecule has 1 rings (SSSR count). The number of carbonyl (C=O) groups excluding carboxylic acids is 1. The van der Waals surface area contributed by atoms with Crippen LogP contribution in [0.25, 0.3) is 6.08 Å². The van der Waals surface area contributed by atoms with E-state index >= 15 is 0 Å². The highest BCUT2D eigenvalue weighted by Gasteiger charge is 2.39. The molecule has 0 saturated heterocycles. The summed E-state index contributed by atoms with van der Waals surface area (Å²) in [6.45, 7) is 8.05. The SMILES string of the molecule is CCO[Si](CCCCOc1ccc(/C=C/C(=O)[O-])cc1OC)(OCC)OCC. The van der Waals surface area contributed by atoms with E-state index in [1.165, 1.54) is 6.08 Å².